The van der Waals surface area contributed by atoms with Crippen LogP contribution in [0.15, 0.2) is 77.7 Å². The molecular weight excluding hydrogens is 598 g/mol. The van der Waals surface area contributed by atoms with Crippen molar-refractivity contribution in [2.45, 2.75) is 82.8 Å². The molecule has 1 aliphatic carbocycles. The van der Waals surface area contributed by atoms with Crippen LogP contribution in [-0.4, -0.2) is 50.4 Å². The van der Waals surface area contributed by atoms with Crippen LogP contribution < -0.4 is 14.4 Å². The number of hydrogen-bond donors (Lipinski definition) is 1. The van der Waals surface area contributed by atoms with Crippen LogP contribution in [-0.2, 0) is 26.2 Å². The molecule has 3 aromatic carbocycles. The Morgan fingerprint density at radius 1 is 0.955 bits per heavy atom. The summed E-state index contributed by atoms with van der Waals surface area (Å²) in [6, 6.07) is 19.6. The zero-order chi connectivity index (χ0) is 31.7. The van der Waals surface area contributed by atoms with Crippen molar-refractivity contribution in [3.05, 3.63) is 88.9 Å². The predicted molar refractivity (Wildman–Crippen MR) is 174 cm³/mol. The molecule has 8 nitrogen and oxygen atoms in total. The number of nitrogens with one attached hydrogen (secondary N) is 1. The average molecular weight is 640 g/mol. The summed E-state index contributed by atoms with van der Waals surface area (Å²) < 4.78 is 35.2. The molecule has 4 rings (SSSR count). The minimum absolute atomic E-state index is 0.0202. The number of rotatable bonds is 13. The molecule has 0 spiro atoms. The van der Waals surface area contributed by atoms with Gasteiger partial charge in [0.1, 0.15) is 18.3 Å². The van der Waals surface area contributed by atoms with Gasteiger partial charge in [0.2, 0.25) is 11.8 Å². The van der Waals surface area contributed by atoms with Gasteiger partial charge < -0.3 is 15.0 Å². The fraction of sp³-hybridized carbons (Fsp3) is 0.412. The first-order valence-electron chi connectivity index (χ1n) is 15.3. The van der Waals surface area contributed by atoms with E-state index in [2.05, 4.69) is 5.32 Å². The summed E-state index contributed by atoms with van der Waals surface area (Å²) >= 11 is 6.06. The molecule has 236 valence electrons. The molecular formula is C34H42ClN3O5S. The van der Waals surface area contributed by atoms with Gasteiger partial charge in [-0.15, -0.1) is 0 Å². The van der Waals surface area contributed by atoms with Crippen molar-refractivity contribution >= 4 is 39.1 Å². The largest absolute Gasteiger partial charge is 0.492 e. The summed E-state index contributed by atoms with van der Waals surface area (Å²) in [7, 11) is -4.25. The zero-order valence-corrected chi connectivity index (χ0v) is 27.2. The molecule has 1 aliphatic rings. The fourth-order valence-electron chi connectivity index (χ4n) is 5.54. The maximum atomic E-state index is 14.4. The number of anilines is 1. The summed E-state index contributed by atoms with van der Waals surface area (Å²) in [6.45, 7) is 5.58. The Morgan fingerprint density at radius 3 is 2.25 bits per heavy atom. The summed E-state index contributed by atoms with van der Waals surface area (Å²) in [6.07, 6.45) is 5.47. The van der Waals surface area contributed by atoms with Crippen LogP contribution in [0.3, 0.4) is 0 Å². The highest BCUT2D eigenvalue weighted by molar-refractivity contribution is 7.92. The lowest BCUT2D eigenvalue weighted by molar-refractivity contribution is -0.140. The second-order valence-corrected chi connectivity index (χ2v) is 13.4. The topological polar surface area (TPSA) is 96.0 Å². The average Bonchev–Trinajstić information content (AvgIpc) is 3.02. The molecule has 2 amide bonds. The van der Waals surface area contributed by atoms with Gasteiger partial charge >= 0.3 is 0 Å². The highest BCUT2D eigenvalue weighted by atomic mass is 35.5. The number of aryl methyl sites for hydroxylation is 1. The lowest BCUT2D eigenvalue weighted by atomic mass is 9.95. The number of benzene rings is 3. The van der Waals surface area contributed by atoms with Crippen molar-refractivity contribution in [2.24, 2.45) is 0 Å². The first-order valence-corrected chi connectivity index (χ1v) is 17.1. The van der Waals surface area contributed by atoms with Gasteiger partial charge in [0, 0.05) is 17.6 Å². The fourth-order valence-corrected chi connectivity index (χ4v) is 7.09. The molecule has 0 aliphatic heterocycles. The number of carbonyl (C=O) groups is 2. The SMILES string of the molecule is CCOc1ccccc1N(CC(=O)N(Cc1ccc(C)cc1)C(CC)C(=O)NC1CCCCC1)S(=O)(=O)c1ccc(Cl)cc1. The van der Waals surface area contributed by atoms with E-state index in [9.17, 15) is 18.0 Å². The number of para-hydroxylation sites is 2. The summed E-state index contributed by atoms with van der Waals surface area (Å²) in [4.78, 5) is 29.6. The monoisotopic (exact) mass is 639 g/mol. The van der Waals surface area contributed by atoms with E-state index in [0.29, 0.717) is 23.8 Å². The second-order valence-electron chi connectivity index (χ2n) is 11.1. The molecule has 0 aromatic heterocycles. The van der Waals surface area contributed by atoms with Crippen molar-refractivity contribution in [3.8, 4) is 5.75 Å². The third-order valence-corrected chi connectivity index (χ3v) is 9.95. The zero-order valence-electron chi connectivity index (χ0n) is 25.7. The predicted octanol–water partition coefficient (Wildman–Crippen LogP) is 6.50. The molecule has 0 radical (unpaired) electrons. The number of ether oxygens (including phenoxy) is 1. The van der Waals surface area contributed by atoms with E-state index in [1.165, 1.54) is 29.2 Å². The summed E-state index contributed by atoms with van der Waals surface area (Å²) in [5, 5.41) is 3.56. The lowest BCUT2D eigenvalue weighted by Gasteiger charge is -2.34. The van der Waals surface area contributed by atoms with E-state index < -0.39 is 28.5 Å². The quantitative estimate of drug-likeness (QED) is 0.230. The Labute approximate surface area is 266 Å². The molecule has 0 bridgehead atoms. The number of sulfonamides is 1. The molecule has 3 aromatic rings. The van der Waals surface area contributed by atoms with Crippen LogP contribution in [0.25, 0.3) is 0 Å². The molecule has 1 saturated carbocycles. The van der Waals surface area contributed by atoms with Gasteiger partial charge in [-0.2, -0.15) is 0 Å². The Hall–Kier alpha value is -3.56. The maximum Gasteiger partial charge on any atom is 0.264 e. The van der Waals surface area contributed by atoms with Crippen molar-refractivity contribution < 1.29 is 22.7 Å². The number of nitrogens with zero attached hydrogens (tertiary/aromatic N) is 2. The molecule has 1 fully saturated rings. The second kappa shape index (κ2) is 15.4. The molecule has 1 unspecified atom stereocenters. The number of hydrogen-bond acceptors (Lipinski definition) is 5. The smallest absolute Gasteiger partial charge is 0.264 e. The minimum Gasteiger partial charge on any atom is -0.492 e. The third kappa shape index (κ3) is 8.33. The number of amides is 2. The minimum atomic E-state index is -4.25. The molecule has 44 heavy (non-hydrogen) atoms. The van der Waals surface area contributed by atoms with E-state index >= 15 is 0 Å². The Balaban J connectivity index is 1.74. The van der Waals surface area contributed by atoms with E-state index in [0.717, 1.165) is 47.5 Å². The van der Waals surface area contributed by atoms with Crippen LogP contribution in [0.5, 0.6) is 5.75 Å². The third-order valence-electron chi connectivity index (χ3n) is 7.93. The Bertz CT molecular complexity index is 1510. The molecule has 0 saturated heterocycles. The van der Waals surface area contributed by atoms with Gasteiger partial charge in [-0.05, 0) is 75.1 Å². The molecule has 0 heterocycles. The van der Waals surface area contributed by atoms with E-state index in [-0.39, 0.29) is 29.1 Å². The van der Waals surface area contributed by atoms with Crippen LogP contribution in [0.4, 0.5) is 5.69 Å². The van der Waals surface area contributed by atoms with Gasteiger partial charge in [-0.25, -0.2) is 8.42 Å². The van der Waals surface area contributed by atoms with Gasteiger partial charge in [-0.1, -0.05) is 79.7 Å². The van der Waals surface area contributed by atoms with E-state index in [4.69, 9.17) is 16.3 Å². The van der Waals surface area contributed by atoms with Gasteiger partial charge in [-0.3, -0.25) is 13.9 Å². The Morgan fingerprint density at radius 2 is 1.61 bits per heavy atom. The lowest BCUT2D eigenvalue weighted by Crippen LogP contribution is -2.54. The van der Waals surface area contributed by atoms with Crippen LogP contribution in [0.2, 0.25) is 5.02 Å². The molecule has 1 N–H and O–H groups in total. The standard InChI is InChI=1S/C34H42ClN3O5S/c1-4-30(34(40)36-28-11-7-6-8-12-28)37(23-26-17-15-25(3)16-18-26)33(39)24-38(31-13-9-10-14-32(31)43-5-2)44(41,42)29-21-19-27(35)20-22-29/h9-10,13-22,28,30H,4-8,11-12,23-24H2,1-3H3,(H,36,40). The first-order chi connectivity index (χ1) is 21.1. The summed E-state index contributed by atoms with van der Waals surface area (Å²) in [5.41, 5.74) is 2.14. The van der Waals surface area contributed by atoms with Gasteiger partial charge in [0.15, 0.2) is 0 Å². The van der Waals surface area contributed by atoms with Crippen molar-refractivity contribution in [1.29, 1.82) is 0 Å². The van der Waals surface area contributed by atoms with Crippen LogP contribution in [0.1, 0.15) is 63.5 Å². The molecule has 1 atom stereocenters. The molecule has 10 heteroatoms. The van der Waals surface area contributed by atoms with Gasteiger partial charge in [0.05, 0.1) is 17.2 Å². The first kappa shape index (κ1) is 33.3. The normalized spacial score (nSPS) is 14.5. The van der Waals surface area contributed by atoms with Crippen molar-refractivity contribution in [2.75, 3.05) is 17.5 Å². The van der Waals surface area contributed by atoms with Crippen molar-refractivity contribution in [1.82, 2.24) is 10.2 Å². The number of halogens is 1. The highest BCUT2D eigenvalue weighted by Gasteiger charge is 2.35. The van der Waals surface area contributed by atoms with E-state index in [1.54, 1.807) is 31.2 Å². The van der Waals surface area contributed by atoms with Gasteiger partial charge in [0.25, 0.3) is 10.0 Å². The van der Waals surface area contributed by atoms with Crippen LogP contribution in [0, 0.1) is 6.92 Å². The number of carbonyl (C=O) groups excluding carboxylic acids is 2. The highest BCUT2D eigenvalue weighted by Crippen LogP contribution is 2.33. The van der Waals surface area contributed by atoms with Crippen LogP contribution >= 0.6 is 11.6 Å². The summed E-state index contributed by atoms with van der Waals surface area (Å²) in [5.74, 6) is -0.394. The Kier molecular flexibility index (Phi) is 11.7. The van der Waals surface area contributed by atoms with Crippen molar-refractivity contribution in [3.63, 3.8) is 0 Å². The van der Waals surface area contributed by atoms with E-state index in [1.807, 2.05) is 38.1 Å². The maximum absolute atomic E-state index is 14.4.